The van der Waals surface area contributed by atoms with Gasteiger partial charge in [0.15, 0.2) is 0 Å². The van der Waals surface area contributed by atoms with Crippen molar-refractivity contribution in [2.45, 2.75) is 18.6 Å². The first-order valence-corrected chi connectivity index (χ1v) is 4.86. The minimum absolute atomic E-state index is 0.132. The molecule has 0 aliphatic heterocycles. The van der Waals surface area contributed by atoms with Crippen LogP contribution in [0.3, 0.4) is 0 Å². The van der Waals surface area contributed by atoms with Crippen LogP contribution in [0, 0.1) is 5.82 Å². The highest BCUT2D eigenvalue weighted by atomic mass is 79.9. The van der Waals surface area contributed by atoms with Gasteiger partial charge in [0.1, 0.15) is 5.82 Å². The first-order valence-electron chi connectivity index (χ1n) is 4.07. The van der Waals surface area contributed by atoms with Gasteiger partial charge in [-0.2, -0.15) is 13.2 Å². The fraction of sp³-hybridized carbons (Fsp3) is 0.333. The van der Waals surface area contributed by atoms with Gasteiger partial charge in [-0.3, -0.25) is 0 Å². The second-order valence-electron chi connectivity index (χ2n) is 3.10. The molecular formula is C9H8BrF4N. The SMILES string of the molecule is N[C@@H](CC(F)(F)F)c1ccc(Br)c(F)c1. The predicted octanol–water partition coefficient (Wildman–Crippen LogP) is 3.54. The normalized spacial score (nSPS) is 14.0. The van der Waals surface area contributed by atoms with Crippen LogP contribution in [-0.2, 0) is 0 Å². The van der Waals surface area contributed by atoms with Gasteiger partial charge in [-0.25, -0.2) is 4.39 Å². The molecule has 6 heteroatoms. The molecule has 1 atom stereocenters. The average Bonchev–Trinajstić information content (AvgIpc) is 2.06. The summed E-state index contributed by atoms with van der Waals surface area (Å²) in [6, 6.07) is 2.47. The minimum Gasteiger partial charge on any atom is -0.324 e. The fourth-order valence-corrected chi connectivity index (χ4v) is 1.36. The molecule has 0 amide bonds. The minimum atomic E-state index is -4.34. The molecule has 0 radical (unpaired) electrons. The van der Waals surface area contributed by atoms with Gasteiger partial charge >= 0.3 is 6.18 Å². The Kier molecular flexibility index (Phi) is 3.72. The average molecular weight is 286 g/mol. The molecule has 0 heterocycles. The highest BCUT2D eigenvalue weighted by Crippen LogP contribution is 2.29. The smallest absolute Gasteiger partial charge is 0.324 e. The molecule has 0 saturated carbocycles. The molecule has 0 bridgehead atoms. The van der Waals surface area contributed by atoms with Crippen molar-refractivity contribution in [3.05, 3.63) is 34.1 Å². The zero-order valence-corrected chi connectivity index (χ0v) is 9.07. The summed E-state index contributed by atoms with van der Waals surface area (Å²) in [5.41, 5.74) is 5.43. The summed E-state index contributed by atoms with van der Waals surface area (Å²) in [5, 5.41) is 0. The molecule has 0 spiro atoms. The summed E-state index contributed by atoms with van der Waals surface area (Å²) < 4.78 is 49.2. The molecule has 0 fully saturated rings. The zero-order valence-electron chi connectivity index (χ0n) is 7.48. The molecule has 84 valence electrons. The molecule has 0 aliphatic rings. The third kappa shape index (κ3) is 3.79. The molecular weight excluding hydrogens is 278 g/mol. The summed E-state index contributed by atoms with van der Waals surface area (Å²) >= 11 is 2.90. The molecule has 1 aromatic carbocycles. The lowest BCUT2D eigenvalue weighted by Gasteiger charge is -2.14. The number of hydrogen-bond acceptors (Lipinski definition) is 1. The van der Waals surface area contributed by atoms with Crippen LogP contribution in [0.25, 0.3) is 0 Å². The molecule has 2 N–H and O–H groups in total. The van der Waals surface area contributed by atoms with Gasteiger partial charge in [-0.05, 0) is 33.6 Å². The molecule has 15 heavy (non-hydrogen) atoms. The van der Waals surface area contributed by atoms with E-state index in [0.29, 0.717) is 0 Å². The van der Waals surface area contributed by atoms with E-state index in [1.807, 2.05) is 0 Å². The van der Waals surface area contributed by atoms with Gasteiger partial charge < -0.3 is 5.73 Å². The Hall–Kier alpha value is -0.620. The van der Waals surface area contributed by atoms with Gasteiger partial charge in [-0.1, -0.05) is 6.07 Å². The van der Waals surface area contributed by atoms with E-state index in [4.69, 9.17) is 5.73 Å². The largest absolute Gasteiger partial charge is 0.390 e. The number of nitrogens with two attached hydrogens (primary N) is 1. The van der Waals surface area contributed by atoms with E-state index < -0.39 is 24.5 Å². The molecule has 1 rings (SSSR count). The summed E-state index contributed by atoms with van der Waals surface area (Å²) in [7, 11) is 0. The van der Waals surface area contributed by atoms with Gasteiger partial charge in [0.2, 0.25) is 0 Å². The van der Waals surface area contributed by atoms with Crippen LogP contribution in [0.2, 0.25) is 0 Å². The van der Waals surface area contributed by atoms with Crippen LogP contribution in [0.5, 0.6) is 0 Å². The summed E-state index contributed by atoms with van der Waals surface area (Å²) in [5.74, 6) is -0.620. The van der Waals surface area contributed by atoms with Crippen LogP contribution in [0.4, 0.5) is 17.6 Å². The zero-order chi connectivity index (χ0) is 11.6. The number of benzene rings is 1. The predicted molar refractivity (Wildman–Crippen MR) is 51.7 cm³/mol. The van der Waals surface area contributed by atoms with E-state index in [-0.39, 0.29) is 10.0 Å². The highest BCUT2D eigenvalue weighted by Gasteiger charge is 2.31. The molecule has 0 unspecified atom stereocenters. The summed E-state index contributed by atoms with van der Waals surface area (Å²) in [4.78, 5) is 0. The third-order valence-corrected chi connectivity index (χ3v) is 2.47. The van der Waals surface area contributed by atoms with E-state index in [0.717, 1.165) is 6.07 Å². The van der Waals surface area contributed by atoms with Gasteiger partial charge in [0.25, 0.3) is 0 Å². The lowest BCUT2D eigenvalue weighted by molar-refractivity contribution is -0.138. The Balaban J connectivity index is 2.83. The van der Waals surface area contributed by atoms with Crippen LogP contribution >= 0.6 is 15.9 Å². The Morgan fingerprint density at radius 2 is 1.93 bits per heavy atom. The standard InChI is InChI=1S/C9H8BrF4N/c10-6-2-1-5(3-7(6)11)8(15)4-9(12,13)14/h1-3,8H,4,15H2/t8-/m0/s1. The van der Waals surface area contributed by atoms with E-state index in [2.05, 4.69) is 15.9 Å². The second-order valence-corrected chi connectivity index (χ2v) is 3.95. The highest BCUT2D eigenvalue weighted by molar-refractivity contribution is 9.10. The number of rotatable bonds is 2. The van der Waals surface area contributed by atoms with Crippen molar-refractivity contribution >= 4 is 15.9 Å². The van der Waals surface area contributed by atoms with Crippen molar-refractivity contribution in [1.29, 1.82) is 0 Å². The lowest BCUT2D eigenvalue weighted by atomic mass is 10.0. The van der Waals surface area contributed by atoms with Gasteiger partial charge in [0.05, 0.1) is 10.9 Å². The van der Waals surface area contributed by atoms with Crippen LogP contribution in [0.15, 0.2) is 22.7 Å². The number of halogens is 5. The Morgan fingerprint density at radius 1 is 1.33 bits per heavy atom. The molecule has 0 aromatic heterocycles. The van der Waals surface area contributed by atoms with E-state index >= 15 is 0 Å². The van der Waals surface area contributed by atoms with Crippen LogP contribution in [0.1, 0.15) is 18.0 Å². The molecule has 1 aromatic rings. The summed E-state index contributed by atoms with van der Waals surface area (Å²) in [6.45, 7) is 0. The van der Waals surface area contributed by atoms with Gasteiger partial charge in [-0.15, -0.1) is 0 Å². The van der Waals surface area contributed by atoms with Crippen molar-refractivity contribution in [3.8, 4) is 0 Å². The maximum atomic E-state index is 13.0. The van der Waals surface area contributed by atoms with Crippen molar-refractivity contribution < 1.29 is 17.6 Å². The van der Waals surface area contributed by atoms with Crippen LogP contribution in [-0.4, -0.2) is 6.18 Å². The van der Waals surface area contributed by atoms with Crippen molar-refractivity contribution in [2.24, 2.45) is 5.73 Å². The van der Waals surface area contributed by atoms with Crippen LogP contribution < -0.4 is 5.73 Å². The molecule has 0 saturated heterocycles. The van der Waals surface area contributed by atoms with E-state index in [1.165, 1.54) is 12.1 Å². The van der Waals surface area contributed by atoms with E-state index in [9.17, 15) is 17.6 Å². The molecule has 1 nitrogen and oxygen atoms in total. The van der Waals surface area contributed by atoms with Crippen molar-refractivity contribution in [1.82, 2.24) is 0 Å². The maximum Gasteiger partial charge on any atom is 0.390 e. The summed E-state index contributed by atoms with van der Waals surface area (Å²) in [6.07, 6.45) is -5.50. The fourth-order valence-electron chi connectivity index (χ4n) is 1.11. The quantitative estimate of drug-likeness (QED) is 0.827. The Labute approximate surface area is 92.4 Å². The van der Waals surface area contributed by atoms with Crippen molar-refractivity contribution in [3.63, 3.8) is 0 Å². The first-order chi connectivity index (χ1) is 6.79. The third-order valence-electron chi connectivity index (χ3n) is 1.82. The van der Waals surface area contributed by atoms with Gasteiger partial charge in [0, 0.05) is 6.04 Å². The maximum absolute atomic E-state index is 13.0. The second kappa shape index (κ2) is 4.49. The van der Waals surface area contributed by atoms with Crippen molar-refractivity contribution in [2.75, 3.05) is 0 Å². The first kappa shape index (κ1) is 12.4. The Morgan fingerprint density at radius 3 is 2.40 bits per heavy atom. The topological polar surface area (TPSA) is 26.0 Å². The van der Waals surface area contributed by atoms with E-state index in [1.54, 1.807) is 0 Å². The number of hydrogen-bond donors (Lipinski definition) is 1. The molecule has 0 aliphatic carbocycles. The monoisotopic (exact) mass is 285 g/mol. The Bertz CT molecular complexity index is 350. The lowest BCUT2D eigenvalue weighted by Crippen LogP contribution is -2.20. The number of alkyl halides is 3.